The molecule has 2 aliphatic rings. The van der Waals surface area contributed by atoms with E-state index in [1.165, 1.54) is 0 Å². The van der Waals surface area contributed by atoms with Gasteiger partial charge in [0.1, 0.15) is 6.33 Å². The van der Waals surface area contributed by atoms with Crippen molar-refractivity contribution in [3.8, 4) is 5.95 Å². The molecule has 2 saturated heterocycles. The summed E-state index contributed by atoms with van der Waals surface area (Å²) in [5.41, 5.74) is 1.88. The van der Waals surface area contributed by atoms with E-state index in [0.717, 1.165) is 37.2 Å². The number of nitrogens with zero attached hydrogens (tertiary/aromatic N) is 7. The first-order valence-corrected chi connectivity index (χ1v) is 11.0. The lowest BCUT2D eigenvalue weighted by atomic mass is 10.2. The molecule has 0 amide bonds. The fraction of sp³-hybridized carbons (Fsp3) is 0.545. The molecule has 0 saturated carbocycles. The van der Waals surface area contributed by atoms with Crippen molar-refractivity contribution in [2.75, 3.05) is 36.0 Å². The molecule has 5 rings (SSSR count). The van der Waals surface area contributed by atoms with Crippen LogP contribution in [0.3, 0.4) is 0 Å². The molecule has 31 heavy (non-hydrogen) atoms. The Bertz CT molecular complexity index is 1010. The maximum atomic E-state index is 5.92. The molecule has 0 N–H and O–H groups in total. The summed E-state index contributed by atoms with van der Waals surface area (Å²) in [4.78, 5) is 23.5. The van der Waals surface area contributed by atoms with Crippen LogP contribution in [0.1, 0.15) is 27.7 Å². The van der Waals surface area contributed by atoms with Crippen LogP contribution in [0, 0.1) is 0 Å². The smallest absolute Gasteiger partial charge is 0.242 e. The lowest BCUT2D eigenvalue weighted by Crippen LogP contribution is -2.48. The van der Waals surface area contributed by atoms with Gasteiger partial charge in [-0.2, -0.15) is 15.0 Å². The third kappa shape index (κ3) is 4.07. The largest absolute Gasteiger partial charge is 0.372 e. The monoisotopic (exact) mass is 423 g/mol. The molecule has 9 heteroatoms. The molecule has 9 nitrogen and oxygen atoms in total. The minimum Gasteiger partial charge on any atom is -0.372 e. The molecule has 0 aliphatic carbocycles. The van der Waals surface area contributed by atoms with Crippen molar-refractivity contribution in [2.24, 2.45) is 0 Å². The van der Waals surface area contributed by atoms with Crippen molar-refractivity contribution in [3.63, 3.8) is 0 Å². The zero-order chi connectivity index (χ0) is 21.5. The third-order valence-electron chi connectivity index (χ3n) is 5.67. The first-order valence-electron chi connectivity index (χ1n) is 11.0. The highest BCUT2D eigenvalue weighted by Crippen LogP contribution is 2.24. The number of hydrogen-bond acceptors (Lipinski definition) is 8. The number of morpholine rings is 2. The van der Waals surface area contributed by atoms with Gasteiger partial charge in [0.05, 0.1) is 35.4 Å². The average Bonchev–Trinajstić information content (AvgIpc) is 3.16. The summed E-state index contributed by atoms with van der Waals surface area (Å²) in [5.74, 6) is 1.92. The van der Waals surface area contributed by atoms with Crippen molar-refractivity contribution in [1.82, 2.24) is 24.5 Å². The van der Waals surface area contributed by atoms with Crippen LogP contribution in [0.5, 0.6) is 0 Å². The van der Waals surface area contributed by atoms with Crippen molar-refractivity contribution >= 4 is 22.9 Å². The molecule has 3 aromatic rings. The topological polar surface area (TPSA) is 81.4 Å². The minimum absolute atomic E-state index is 0.116. The van der Waals surface area contributed by atoms with Crippen molar-refractivity contribution in [2.45, 2.75) is 52.1 Å². The molecule has 0 radical (unpaired) electrons. The summed E-state index contributed by atoms with van der Waals surface area (Å²) in [7, 11) is 0. The number of rotatable bonds is 3. The van der Waals surface area contributed by atoms with Crippen LogP contribution in [0.2, 0.25) is 0 Å². The highest BCUT2D eigenvalue weighted by Gasteiger charge is 2.29. The summed E-state index contributed by atoms with van der Waals surface area (Å²) in [6, 6.07) is 8.01. The SMILES string of the molecule is C[C@@H]1CN(c2nc(N3C[C@@H](C)O[C@@H](C)C3)nc(-n3cnc4ccccc43)n2)C[C@H](C)O1. The third-order valence-corrected chi connectivity index (χ3v) is 5.67. The van der Waals surface area contributed by atoms with Crippen LogP contribution in [-0.2, 0) is 9.47 Å². The van der Waals surface area contributed by atoms with Crippen LogP contribution in [0.15, 0.2) is 30.6 Å². The van der Waals surface area contributed by atoms with Gasteiger partial charge < -0.3 is 19.3 Å². The molecule has 0 bridgehead atoms. The summed E-state index contributed by atoms with van der Waals surface area (Å²) in [6.07, 6.45) is 2.24. The molecule has 4 heterocycles. The van der Waals surface area contributed by atoms with E-state index in [1.54, 1.807) is 6.33 Å². The van der Waals surface area contributed by atoms with E-state index >= 15 is 0 Å². The van der Waals surface area contributed by atoms with Crippen LogP contribution in [0.25, 0.3) is 17.0 Å². The number of fused-ring (bicyclic) bond motifs is 1. The molecule has 1 aromatic carbocycles. The van der Waals surface area contributed by atoms with Crippen LogP contribution in [0.4, 0.5) is 11.9 Å². The molecular formula is C22H29N7O2. The molecule has 2 aliphatic heterocycles. The lowest BCUT2D eigenvalue weighted by molar-refractivity contribution is -0.00619. The fourth-order valence-electron chi connectivity index (χ4n) is 4.53. The number of hydrogen-bond donors (Lipinski definition) is 0. The zero-order valence-corrected chi connectivity index (χ0v) is 18.5. The Balaban J connectivity index is 1.60. The van der Waals surface area contributed by atoms with Crippen molar-refractivity contribution in [1.29, 1.82) is 0 Å². The highest BCUT2D eigenvalue weighted by molar-refractivity contribution is 5.76. The van der Waals surface area contributed by atoms with Gasteiger partial charge in [-0.1, -0.05) is 12.1 Å². The van der Waals surface area contributed by atoms with E-state index in [4.69, 9.17) is 24.4 Å². The van der Waals surface area contributed by atoms with E-state index < -0.39 is 0 Å². The predicted molar refractivity (Wildman–Crippen MR) is 119 cm³/mol. The summed E-state index contributed by atoms with van der Waals surface area (Å²) >= 11 is 0. The van der Waals surface area contributed by atoms with Gasteiger partial charge in [0.2, 0.25) is 17.8 Å². The highest BCUT2D eigenvalue weighted by atomic mass is 16.5. The minimum atomic E-state index is 0.116. The Labute approximate surface area is 182 Å². The maximum Gasteiger partial charge on any atom is 0.242 e. The summed E-state index contributed by atoms with van der Waals surface area (Å²) < 4.78 is 13.8. The Hall–Kier alpha value is -2.78. The van der Waals surface area contributed by atoms with Gasteiger partial charge in [-0.3, -0.25) is 4.57 Å². The number of para-hydroxylation sites is 2. The normalized spacial score (nSPS) is 27.1. The second kappa shape index (κ2) is 8.05. The Kier molecular flexibility index (Phi) is 5.23. The van der Waals surface area contributed by atoms with Gasteiger partial charge >= 0.3 is 0 Å². The van der Waals surface area contributed by atoms with Gasteiger partial charge in [0, 0.05) is 26.2 Å². The van der Waals surface area contributed by atoms with Crippen molar-refractivity contribution in [3.05, 3.63) is 30.6 Å². The Morgan fingerprint density at radius 3 is 1.74 bits per heavy atom. The number of imidazole rings is 1. The van der Waals surface area contributed by atoms with Crippen LogP contribution >= 0.6 is 0 Å². The standard InChI is InChI=1S/C22H29N7O2/c1-14-9-27(10-15(2)30-14)20-24-21(28-11-16(3)31-17(4)12-28)26-22(25-20)29-13-23-18-7-5-6-8-19(18)29/h5-8,13-17H,9-12H2,1-4H3/t14-,15+,16-,17+. The first kappa shape index (κ1) is 20.1. The summed E-state index contributed by atoms with van der Waals surface area (Å²) in [5, 5.41) is 0. The lowest BCUT2D eigenvalue weighted by Gasteiger charge is -2.37. The quantitative estimate of drug-likeness (QED) is 0.635. The van der Waals surface area contributed by atoms with Gasteiger partial charge in [-0.15, -0.1) is 0 Å². The van der Waals surface area contributed by atoms with E-state index in [9.17, 15) is 0 Å². The van der Waals surface area contributed by atoms with Gasteiger partial charge in [0.15, 0.2) is 0 Å². The molecular weight excluding hydrogens is 394 g/mol. The fourth-order valence-corrected chi connectivity index (χ4v) is 4.53. The molecule has 2 fully saturated rings. The van der Waals surface area contributed by atoms with Crippen LogP contribution in [-0.4, -0.2) is 75.1 Å². The molecule has 0 spiro atoms. The van der Waals surface area contributed by atoms with Crippen LogP contribution < -0.4 is 9.80 Å². The van der Waals surface area contributed by atoms with E-state index in [2.05, 4.69) is 42.5 Å². The second-order valence-corrected chi connectivity index (χ2v) is 8.66. The van der Waals surface area contributed by atoms with Gasteiger partial charge in [-0.25, -0.2) is 4.98 Å². The van der Waals surface area contributed by atoms with Gasteiger partial charge in [-0.05, 0) is 39.8 Å². The molecule has 2 aromatic heterocycles. The molecule has 164 valence electrons. The first-order chi connectivity index (χ1) is 15.0. The zero-order valence-electron chi connectivity index (χ0n) is 18.5. The Morgan fingerprint density at radius 1 is 0.710 bits per heavy atom. The van der Waals surface area contributed by atoms with E-state index in [-0.39, 0.29) is 24.4 Å². The predicted octanol–water partition coefficient (Wildman–Crippen LogP) is 2.44. The van der Waals surface area contributed by atoms with Gasteiger partial charge in [0.25, 0.3) is 0 Å². The number of ether oxygens (including phenoxy) is 2. The van der Waals surface area contributed by atoms with Crippen molar-refractivity contribution < 1.29 is 9.47 Å². The maximum absolute atomic E-state index is 5.92. The number of aromatic nitrogens is 5. The summed E-state index contributed by atoms with van der Waals surface area (Å²) in [6.45, 7) is 11.3. The number of anilines is 2. The molecule has 4 atom stereocenters. The second-order valence-electron chi connectivity index (χ2n) is 8.66. The van der Waals surface area contributed by atoms with E-state index in [1.807, 2.05) is 28.8 Å². The van der Waals surface area contributed by atoms with E-state index in [0.29, 0.717) is 17.8 Å². The molecule has 0 unspecified atom stereocenters. The average molecular weight is 424 g/mol. The Morgan fingerprint density at radius 2 is 1.19 bits per heavy atom. The number of benzene rings is 1.